The third-order valence-electron chi connectivity index (χ3n) is 13.8. The number of nitrogens with one attached hydrogen (secondary N) is 4. The lowest BCUT2D eigenvalue weighted by Gasteiger charge is -2.36. The van der Waals surface area contributed by atoms with Crippen LogP contribution in [0.1, 0.15) is 88.9 Å². The smallest absolute Gasteiger partial charge is 0.407 e. The van der Waals surface area contributed by atoms with Gasteiger partial charge in [0.1, 0.15) is 23.7 Å². The number of likely N-dealkylation sites (tertiary alicyclic amines) is 2. The lowest BCUT2D eigenvalue weighted by Crippen LogP contribution is -2.53. The van der Waals surface area contributed by atoms with Crippen molar-refractivity contribution in [2.45, 2.75) is 89.4 Å². The van der Waals surface area contributed by atoms with Crippen molar-refractivity contribution in [1.82, 2.24) is 40.4 Å². The molecule has 14 heteroatoms. The first-order valence-corrected chi connectivity index (χ1v) is 22.1. The number of rotatable bonds is 11. The third-order valence-corrected chi connectivity index (χ3v) is 13.8. The van der Waals surface area contributed by atoms with Crippen molar-refractivity contribution in [3.63, 3.8) is 0 Å². The molecule has 324 valence electrons. The highest BCUT2D eigenvalue weighted by molar-refractivity contribution is 5.91. The van der Waals surface area contributed by atoms with Crippen LogP contribution in [0.2, 0.25) is 0 Å². The number of benzene rings is 3. The molecule has 0 spiro atoms. The molecule has 2 aliphatic heterocycles. The van der Waals surface area contributed by atoms with Crippen LogP contribution in [0, 0.1) is 23.7 Å². The molecule has 62 heavy (non-hydrogen) atoms. The maximum Gasteiger partial charge on any atom is 0.407 e. The van der Waals surface area contributed by atoms with E-state index in [1.54, 1.807) is 0 Å². The Hall–Kier alpha value is -6.18. The van der Waals surface area contributed by atoms with Crippen molar-refractivity contribution >= 4 is 34.8 Å². The zero-order chi connectivity index (χ0) is 43.1. The summed E-state index contributed by atoms with van der Waals surface area (Å²) in [6.07, 6.45) is 9.87. The van der Waals surface area contributed by atoms with Crippen LogP contribution in [0.25, 0.3) is 44.4 Å². The van der Waals surface area contributed by atoms with Crippen molar-refractivity contribution < 1.29 is 28.7 Å². The number of aromatic amines is 2. The van der Waals surface area contributed by atoms with Crippen molar-refractivity contribution in [3.8, 4) is 33.6 Å². The van der Waals surface area contributed by atoms with Crippen molar-refractivity contribution in [2.75, 3.05) is 27.3 Å². The van der Waals surface area contributed by atoms with Crippen LogP contribution in [-0.2, 0) is 19.1 Å². The second kappa shape index (κ2) is 17.3. The average Bonchev–Trinajstić information content (AvgIpc) is 4.08. The molecule has 0 bridgehead atoms. The molecule has 2 saturated carbocycles. The summed E-state index contributed by atoms with van der Waals surface area (Å²) in [5, 5.41) is 7.85. The van der Waals surface area contributed by atoms with Crippen LogP contribution in [0.15, 0.2) is 73.1 Å². The van der Waals surface area contributed by atoms with Gasteiger partial charge in [0.2, 0.25) is 11.8 Å². The minimum atomic E-state index is -0.599. The largest absolute Gasteiger partial charge is 0.453 e. The van der Waals surface area contributed by atoms with Gasteiger partial charge in [-0.2, -0.15) is 0 Å². The number of imidazole rings is 2. The van der Waals surface area contributed by atoms with E-state index in [-0.39, 0.29) is 35.7 Å². The highest BCUT2D eigenvalue weighted by Gasteiger charge is 2.44. The fourth-order valence-corrected chi connectivity index (χ4v) is 9.88. The number of ether oxygens (including phenoxy) is 2. The Kier molecular flexibility index (Phi) is 11.5. The summed E-state index contributed by atoms with van der Waals surface area (Å²) < 4.78 is 9.72. The van der Waals surface area contributed by atoms with E-state index in [9.17, 15) is 19.2 Å². The van der Waals surface area contributed by atoms with E-state index in [2.05, 4.69) is 95.1 Å². The van der Waals surface area contributed by atoms with Crippen LogP contribution in [0.4, 0.5) is 9.59 Å². The van der Waals surface area contributed by atoms with Gasteiger partial charge in [-0.1, -0.05) is 75.2 Å². The second-order valence-electron chi connectivity index (χ2n) is 18.0. The molecule has 3 aromatic carbocycles. The van der Waals surface area contributed by atoms with Gasteiger partial charge >= 0.3 is 12.2 Å². The molecule has 2 aromatic heterocycles. The minimum absolute atomic E-state index is 0.0699. The summed E-state index contributed by atoms with van der Waals surface area (Å²) in [6.45, 7) is 5.51. The van der Waals surface area contributed by atoms with Crippen LogP contribution in [-0.4, -0.2) is 93.1 Å². The predicted molar refractivity (Wildman–Crippen MR) is 234 cm³/mol. The predicted octanol–water partition coefficient (Wildman–Crippen LogP) is 8.16. The zero-order valence-electron chi connectivity index (χ0n) is 35.9. The summed E-state index contributed by atoms with van der Waals surface area (Å²) in [5.74, 6) is 2.20. The first kappa shape index (κ1) is 41.2. The Morgan fingerprint density at radius 2 is 1.03 bits per heavy atom. The molecule has 4 fully saturated rings. The number of carbonyl (C=O) groups is 4. The quantitative estimate of drug-likeness (QED) is 0.103. The summed E-state index contributed by atoms with van der Waals surface area (Å²) in [4.78, 5) is 72.6. The number of H-pyrrole nitrogens is 2. The lowest BCUT2D eigenvalue weighted by molar-refractivity contribution is -0.137. The van der Waals surface area contributed by atoms with Crippen LogP contribution < -0.4 is 10.6 Å². The number of hydrogen-bond acceptors (Lipinski definition) is 8. The van der Waals surface area contributed by atoms with E-state index < -0.39 is 24.3 Å². The normalized spacial score (nSPS) is 22.5. The van der Waals surface area contributed by atoms with Gasteiger partial charge in [-0.15, -0.1) is 0 Å². The topological polar surface area (TPSA) is 175 Å². The highest BCUT2D eigenvalue weighted by atomic mass is 16.5. The molecule has 0 radical (unpaired) electrons. The molecule has 5 aromatic rings. The first-order valence-electron chi connectivity index (χ1n) is 22.1. The van der Waals surface area contributed by atoms with E-state index in [1.807, 2.05) is 22.2 Å². The number of carbonyl (C=O) groups excluding carboxylic acids is 4. The Morgan fingerprint density at radius 3 is 1.48 bits per heavy atom. The Bertz CT molecular complexity index is 2450. The number of amides is 4. The number of aromatic nitrogens is 4. The third kappa shape index (κ3) is 8.14. The maximum absolute atomic E-state index is 13.9. The molecule has 4 aliphatic rings. The molecular formula is C48H56N8O6. The first-order chi connectivity index (χ1) is 30.1. The van der Waals surface area contributed by atoms with Crippen LogP contribution >= 0.6 is 0 Å². The van der Waals surface area contributed by atoms with Gasteiger partial charge in [-0.05, 0) is 102 Å². The fourth-order valence-electron chi connectivity index (χ4n) is 9.88. The van der Waals surface area contributed by atoms with Gasteiger partial charge < -0.3 is 39.9 Å². The van der Waals surface area contributed by atoms with E-state index in [4.69, 9.17) is 19.4 Å². The van der Waals surface area contributed by atoms with Crippen molar-refractivity contribution in [2.24, 2.45) is 23.7 Å². The number of methoxy groups -OCH3 is 2. The second-order valence-corrected chi connectivity index (χ2v) is 18.0. The summed E-state index contributed by atoms with van der Waals surface area (Å²) >= 11 is 0. The Morgan fingerprint density at radius 1 is 0.613 bits per heavy atom. The van der Waals surface area contributed by atoms with E-state index in [0.29, 0.717) is 24.9 Å². The Labute approximate surface area is 361 Å². The van der Waals surface area contributed by atoms with Crippen LogP contribution in [0.5, 0.6) is 0 Å². The summed E-state index contributed by atoms with van der Waals surface area (Å²) in [5.41, 5.74) is 5.95. The minimum Gasteiger partial charge on any atom is -0.453 e. The highest BCUT2D eigenvalue weighted by Crippen LogP contribution is 2.40. The molecule has 1 unspecified atom stereocenters. The van der Waals surface area contributed by atoms with Crippen LogP contribution in [0.3, 0.4) is 0 Å². The zero-order valence-corrected chi connectivity index (χ0v) is 35.9. The van der Waals surface area contributed by atoms with E-state index in [1.165, 1.54) is 14.2 Å². The molecule has 14 nitrogen and oxygen atoms in total. The summed E-state index contributed by atoms with van der Waals surface area (Å²) in [7, 11) is 2.65. The molecule has 2 aliphatic carbocycles. The van der Waals surface area contributed by atoms with Gasteiger partial charge in [0, 0.05) is 18.7 Å². The number of alkyl carbamates (subject to hydrolysis) is 2. The maximum atomic E-state index is 13.9. The average molecular weight is 841 g/mol. The van der Waals surface area contributed by atoms with Gasteiger partial charge in [0.05, 0.1) is 50.1 Å². The molecule has 4 heterocycles. The monoisotopic (exact) mass is 840 g/mol. The SMILES string of the molecule is COC(=O)NC(C(=O)N1C[C@@H](C)C[C@H]1c1ncc(-c2ccc(-c3ccc4cc(-c5cnc([C@@H]6C[C@H](C)CN6C(=O)[C@@H](NC(=O)OC)C6CCC6)[nH]5)ccc4c3)cc2)[nH]1)C1CCC1. The number of nitrogens with zero attached hydrogens (tertiary/aromatic N) is 4. The molecular weight excluding hydrogens is 785 g/mol. The molecule has 6 atom stereocenters. The summed E-state index contributed by atoms with van der Waals surface area (Å²) in [6, 6.07) is 19.7. The van der Waals surface area contributed by atoms with E-state index in [0.717, 1.165) is 107 Å². The van der Waals surface area contributed by atoms with Gasteiger partial charge in [0.25, 0.3) is 0 Å². The Balaban J connectivity index is 0.875. The van der Waals surface area contributed by atoms with Gasteiger partial charge in [-0.25, -0.2) is 19.6 Å². The number of fused-ring (bicyclic) bond motifs is 1. The molecule has 4 N–H and O–H groups in total. The van der Waals surface area contributed by atoms with Crippen molar-refractivity contribution in [1.29, 1.82) is 0 Å². The van der Waals surface area contributed by atoms with Crippen molar-refractivity contribution in [3.05, 3.63) is 84.7 Å². The fraction of sp³-hybridized carbons (Fsp3) is 0.458. The van der Waals surface area contributed by atoms with Gasteiger partial charge in [-0.3, -0.25) is 9.59 Å². The standard InChI is InChI=1S/C48H56N8O6/c1-27-19-39(55(25-27)45(57)41(31-7-5-8-31)53-47(59)61-3)43-49-23-37(51-43)30-13-11-29(12-14-30)33-15-16-35-22-36(18-17-34(35)21-33)38-24-50-44(52-38)40-20-28(2)26-56(40)46(58)42(32-9-6-10-32)54-48(60)62-4/h11-18,21-24,27-28,31-32,39-42H,5-10,19-20,25-26H2,1-4H3,(H,49,51)(H,50,52)(H,53,59)(H,54,60)/t27-,28-,39-,40-,41?,42-/m0/s1. The van der Waals surface area contributed by atoms with E-state index >= 15 is 0 Å². The van der Waals surface area contributed by atoms with Gasteiger partial charge in [0.15, 0.2) is 0 Å². The molecule has 9 rings (SSSR count). The molecule has 4 amide bonds. The lowest BCUT2D eigenvalue weighted by atomic mass is 9.79. The molecule has 2 saturated heterocycles. The number of hydrogen-bond donors (Lipinski definition) is 4.